The quantitative estimate of drug-likeness (QED) is 0.507. The Hall–Kier alpha value is -3.12. The summed E-state index contributed by atoms with van der Waals surface area (Å²) in [5.74, 6) is 0. The van der Waals surface area contributed by atoms with Gasteiger partial charge >= 0.3 is 6.03 Å². The van der Waals surface area contributed by atoms with Gasteiger partial charge in [0.2, 0.25) is 0 Å². The molecule has 3 rings (SSSR count). The molecular weight excluding hydrogens is 390 g/mol. The largest absolute Gasteiger partial charge is 0.382 e. The number of pyridine rings is 1. The average molecular weight is 422 g/mol. The van der Waals surface area contributed by atoms with Crippen LogP contribution >= 0.6 is 0 Å². The molecule has 0 aliphatic rings. The van der Waals surface area contributed by atoms with Crippen LogP contribution < -0.4 is 10.9 Å². The fourth-order valence-electron chi connectivity index (χ4n) is 3.65. The number of hydrogen-bond donors (Lipinski definition) is 2. The minimum atomic E-state index is -0.236. The van der Waals surface area contributed by atoms with E-state index in [4.69, 9.17) is 4.74 Å². The van der Waals surface area contributed by atoms with Crippen molar-refractivity contribution in [2.45, 2.75) is 40.7 Å². The van der Waals surface area contributed by atoms with E-state index < -0.39 is 0 Å². The maximum atomic E-state index is 13.0. The van der Waals surface area contributed by atoms with Gasteiger partial charge in [0.1, 0.15) is 0 Å². The van der Waals surface area contributed by atoms with Crippen molar-refractivity contribution in [3.8, 4) is 0 Å². The number of aromatic nitrogens is 1. The second-order valence-electron chi connectivity index (χ2n) is 7.94. The summed E-state index contributed by atoms with van der Waals surface area (Å²) < 4.78 is 5.43. The van der Waals surface area contributed by atoms with Crippen LogP contribution in [-0.4, -0.2) is 35.7 Å². The van der Waals surface area contributed by atoms with E-state index in [0.29, 0.717) is 31.7 Å². The third kappa shape index (κ3) is 5.95. The Morgan fingerprint density at radius 3 is 2.52 bits per heavy atom. The smallest absolute Gasteiger partial charge is 0.322 e. The first-order chi connectivity index (χ1) is 14.9. The van der Waals surface area contributed by atoms with Crippen molar-refractivity contribution in [1.29, 1.82) is 0 Å². The van der Waals surface area contributed by atoms with Crippen molar-refractivity contribution >= 4 is 22.6 Å². The molecule has 0 fully saturated rings. The predicted molar refractivity (Wildman–Crippen MR) is 126 cm³/mol. The molecular formula is C25H31N3O3. The van der Waals surface area contributed by atoms with Crippen LogP contribution in [0, 0.1) is 20.8 Å². The third-order valence-corrected chi connectivity index (χ3v) is 5.24. The predicted octanol–water partition coefficient (Wildman–Crippen LogP) is 4.91. The Morgan fingerprint density at radius 2 is 1.81 bits per heavy atom. The monoisotopic (exact) mass is 421 g/mol. The summed E-state index contributed by atoms with van der Waals surface area (Å²) in [5.41, 5.74) is 5.25. The van der Waals surface area contributed by atoms with Gasteiger partial charge in [-0.05, 0) is 69.3 Å². The molecule has 3 aromatic rings. The lowest BCUT2D eigenvalue weighted by atomic mass is 10.1. The molecule has 2 amide bonds. The maximum absolute atomic E-state index is 13.0. The number of hydrogen-bond acceptors (Lipinski definition) is 3. The van der Waals surface area contributed by atoms with Crippen molar-refractivity contribution in [3.63, 3.8) is 0 Å². The molecule has 6 nitrogen and oxygen atoms in total. The van der Waals surface area contributed by atoms with Gasteiger partial charge in [0.15, 0.2) is 0 Å². The highest BCUT2D eigenvalue weighted by atomic mass is 16.5. The number of nitrogens with zero attached hydrogens (tertiary/aromatic N) is 1. The Labute approximate surface area is 183 Å². The van der Waals surface area contributed by atoms with Crippen molar-refractivity contribution in [3.05, 3.63) is 75.1 Å². The van der Waals surface area contributed by atoms with Crippen LogP contribution in [0.5, 0.6) is 0 Å². The van der Waals surface area contributed by atoms with E-state index in [-0.39, 0.29) is 18.1 Å². The van der Waals surface area contributed by atoms with Crippen LogP contribution in [0.1, 0.15) is 35.6 Å². The Kier molecular flexibility index (Phi) is 7.47. The zero-order valence-corrected chi connectivity index (χ0v) is 18.7. The van der Waals surface area contributed by atoms with Gasteiger partial charge in [0.05, 0.1) is 12.1 Å². The highest BCUT2D eigenvalue weighted by Gasteiger charge is 2.17. The average Bonchev–Trinajstić information content (AvgIpc) is 2.73. The highest BCUT2D eigenvalue weighted by Crippen LogP contribution is 2.19. The molecule has 164 valence electrons. The summed E-state index contributed by atoms with van der Waals surface area (Å²) in [4.78, 5) is 30.4. The molecule has 0 saturated heterocycles. The fourth-order valence-corrected chi connectivity index (χ4v) is 3.65. The van der Waals surface area contributed by atoms with Gasteiger partial charge in [0.25, 0.3) is 5.56 Å². The first kappa shape index (κ1) is 22.6. The summed E-state index contributed by atoms with van der Waals surface area (Å²) >= 11 is 0. The molecule has 1 heterocycles. The van der Waals surface area contributed by atoms with Crippen LogP contribution in [0.15, 0.2) is 47.3 Å². The number of H-pyrrole nitrogens is 1. The summed E-state index contributed by atoms with van der Waals surface area (Å²) in [6.45, 7) is 9.88. The summed E-state index contributed by atoms with van der Waals surface area (Å²) in [5, 5.41) is 3.91. The van der Waals surface area contributed by atoms with E-state index in [1.54, 1.807) is 4.90 Å². The molecule has 0 aliphatic heterocycles. The molecule has 0 bridgehead atoms. The topological polar surface area (TPSA) is 74.4 Å². The summed E-state index contributed by atoms with van der Waals surface area (Å²) in [6.07, 6.45) is 0.693. The zero-order valence-electron chi connectivity index (χ0n) is 18.7. The van der Waals surface area contributed by atoms with E-state index >= 15 is 0 Å². The lowest BCUT2D eigenvalue weighted by Crippen LogP contribution is -2.37. The number of aromatic amines is 1. The molecule has 2 N–H and O–H groups in total. The van der Waals surface area contributed by atoms with E-state index in [0.717, 1.165) is 33.3 Å². The molecule has 0 aliphatic carbocycles. The zero-order chi connectivity index (χ0) is 22.4. The first-order valence-electron chi connectivity index (χ1n) is 10.7. The van der Waals surface area contributed by atoms with Gasteiger partial charge in [-0.15, -0.1) is 0 Å². The molecule has 31 heavy (non-hydrogen) atoms. The number of carbonyl (C=O) groups is 1. The SMILES string of the molecule is CCOCCCN(Cc1cc2cc(C)cc(C)c2[nH]c1=O)C(=O)Nc1ccc(C)cc1. The molecule has 1 aromatic heterocycles. The van der Waals surface area contributed by atoms with Crippen LogP contribution in [0.3, 0.4) is 0 Å². The number of aryl methyl sites for hydroxylation is 3. The standard InChI is InChI=1S/C25H31N3O3/c1-5-31-12-6-11-28(25(30)26-22-9-7-17(2)8-10-22)16-21-15-20-14-18(3)13-19(4)23(20)27-24(21)29/h7-10,13-15H,5-6,11-12,16H2,1-4H3,(H,26,30)(H,27,29). The number of fused-ring (bicyclic) bond motifs is 1. The Bertz CT molecular complexity index is 1100. The second-order valence-corrected chi connectivity index (χ2v) is 7.94. The number of urea groups is 1. The summed E-state index contributed by atoms with van der Waals surface area (Å²) in [7, 11) is 0. The molecule has 6 heteroatoms. The van der Waals surface area contributed by atoms with Gasteiger partial charge in [-0.2, -0.15) is 0 Å². The van der Waals surface area contributed by atoms with Crippen LogP contribution in [-0.2, 0) is 11.3 Å². The Balaban J connectivity index is 1.84. The third-order valence-electron chi connectivity index (χ3n) is 5.24. The maximum Gasteiger partial charge on any atom is 0.322 e. The van der Waals surface area contributed by atoms with E-state index in [2.05, 4.69) is 10.3 Å². The number of benzene rings is 2. The van der Waals surface area contributed by atoms with Gasteiger partial charge in [0, 0.05) is 31.0 Å². The van der Waals surface area contributed by atoms with E-state index in [9.17, 15) is 9.59 Å². The minimum absolute atomic E-state index is 0.169. The van der Waals surface area contributed by atoms with E-state index in [1.165, 1.54) is 0 Å². The number of amides is 2. The van der Waals surface area contributed by atoms with Gasteiger partial charge in [-0.1, -0.05) is 29.3 Å². The normalized spacial score (nSPS) is 11.0. The van der Waals surface area contributed by atoms with Gasteiger partial charge in [-0.25, -0.2) is 4.79 Å². The molecule has 2 aromatic carbocycles. The Morgan fingerprint density at radius 1 is 1.06 bits per heavy atom. The number of nitrogens with one attached hydrogen (secondary N) is 2. The number of ether oxygens (including phenoxy) is 1. The van der Waals surface area contributed by atoms with Crippen LogP contribution in [0.2, 0.25) is 0 Å². The van der Waals surface area contributed by atoms with Gasteiger partial charge in [-0.3, -0.25) is 4.79 Å². The summed E-state index contributed by atoms with van der Waals surface area (Å²) in [6, 6.07) is 13.4. The van der Waals surface area contributed by atoms with Crippen LogP contribution in [0.25, 0.3) is 10.9 Å². The molecule has 0 spiro atoms. The number of anilines is 1. The number of rotatable bonds is 8. The molecule has 0 saturated carbocycles. The molecule has 0 atom stereocenters. The van der Waals surface area contributed by atoms with Crippen molar-refractivity contribution in [1.82, 2.24) is 9.88 Å². The highest BCUT2D eigenvalue weighted by molar-refractivity contribution is 5.89. The van der Waals surface area contributed by atoms with Crippen molar-refractivity contribution < 1.29 is 9.53 Å². The van der Waals surface area contributed by atoms with E-state index in [1.807, 2.05) is 70.2 Å². The van der Waals surface area contributed by atoms with Crippen molar-refractivity contribution in [2.24, 2.45) is 0 Å². The number of carbonyl (C=O) groups excluding carboxylic acids is 1. The van der Waals surface area contributed by atoms with Crippen LogP contribution in [0.4, 0.5) is 10.5 Å². The second kappa shape index (κ2) is 10.3. The molecule has 0 radical (unpaired) electrons. The van der Waals surface area contributed by atoms with Gasteiger partial charge < -0.3 is 19.9 Å². The lowest BCUT2D eigenvalue weighted by Gasteiger charge is -2.23. The fraction of sp³-hybridized carbons (Fsp3) is 0.360. The lowest BCUT2D eigenvalue weighted by molar-refractivity contribution is 0.134. The first-order valence-corrected chi connectivity index (χ1v) is 10.7. The van der Waals surface area contributed by atoms with Crippen molar-refractivity contribution in [2.75, 3.05) is 25.1 Å². The minimum Gasteiger partial charge on any atom is -0.382 e. The molecule has 0 unspecified atom stereocenters.